The molecule has 18 heavy (non-hydrogen) atoms. The molecule has 2 rings (SSSR count). The maximum Gasteiger partial charge on any atom is 0.118 e. The van der Waals surface area contributed by atoms with Crippen molar-refractivity contribution in [3.05, 3.63) is 34.8 Å². The third-order valence-corrected chi connectivity index (χ3v) is 3.38. The molecule has 0 saturated carbocycles. The van der Waals surface area contributed by atoms with Crippen molar-refractivity contribution in [1.82, 2.24) is 4.90 Å². The van der Waals surface area contributed by atoms with Crippen LogP contribution in [0.3, 0.4) is 0 Å². The standard InChI is InChI=1S/C14H22N2O2/c1-11-13(7-14(8-15)18-11)9-16-5-3-12(4-6-16)10-17-2/h3,7H,4-6,8-10,15H2,1-2H3. The van der Waals surface area contributed by atoms with Gasteiger partial charge in [0.25, 0.3) is 0 Å². The van der Waals surface area contributed by atoms with Crippen LogP contribution in [0.15, 0.2) is 22.1 Å². The average Bonchev–Trinajstić information content (AvgIpc) is 2.73. The van der Waals surface area contributed by atoms with E-state index < -0.39 is 0 Å². The van der Waals surface area contributed by atoms with Crippen molar-refractivity contribution >= 4 is 0 Å². The molecule has 0 aromatic carbocycles. The third kappa shape index (κ3) is 3.22. The van der Waals surface area contributed by atoms with E-state index in [1.165, 1.54) is 11.1 Å². The number of aryl methyl sites for hydroxylation is 1. The lowest BCUT2D eigenvalue weighted by atomic mass is 10.1. The lowest BCUT2D eigenvalue weighted by Crippen LogP contribution is -2.29. The first-order valence-corrected chi connectivity index (χ1v) is 6.40. The number of methoxy groups -OCH3 is 1. The minimum absolute atomic E-state index is 0.471. The zero-order chi connectivity index (χ0) is 13.0. The first kappa shape index (κ1) is 13.3. The van der Waals surface area contributed by atoms with Gasteiger partial charge in [0, 0.05) is 32.3 Å². The summed E-state index contributed by atoms with van der Waals surface area (Å²) in [6.45, 7) is 6.24. The van der Waals surface area contributed by atoms with Crippen LogP contribution in [0.1, 0.15) is 23.5 Å². The summed E-state index contributed by atoms with van der Waals surface area (Å²) in [5, 5.41) is 0. The quantitative estimate of drug-likeness (QED) is 0.810. The molecule has 0 saturated heterocycles. The largest absolute Gasteiger partial charge is 0.465 e. The molecule has 0 fully saturated rings. The van der Waals surface area contributed by atoms with Gasteiger partial charge in [-0.2, -0.15) is 0 Å². The van der Waals surface area contributed by atoms with Gasteiger partial charge in [0.1, 0.15) is 11.5 Å². The molecule has 0 aliphatic carbocycles. The number of rotatable bonds is 5. The molecule has 0 radical (unpaired) electrons. The van der Waals surface area contributed by atoms with Gasteiger partial charge in [0.2, 0.25) is 0 Å². The van der Waals surface area contributed by atoms with Crippen LogP contribution in [0.2, 0.25) is 0 Å². The average molecular weight is 250 g/mol. The Kier molecular flexibility index (Phi) is 4.58. The smallest absolute Gasteiger partial charge is 0.118 e. The minimum Gasteiger partial charge on any atom is -0.465 e. The van der Waals surface area contributed by atoms with E-state index in [1.807, 2.05) is 6.92 Å². The topological polar surface area (TPSA) is 51.6 Å². The van der Waals surface area contributed by atoms with Crippen molar-refractivity contribution in [3.8, 4) is 0 Å². The molecule has 100 valence electrons. The molecule has 1 aromatic rings. The monoisotopic (exact) mass is 250 g/mol. The number of nitrogens with two attached hydrogens (primary N) is 1. The predicted molar refractivity (Wildman–Crippen MR) is 71.2 cm³/mol. The summed E-state index contributed by atoms with van der Waals surface area (Å²) in [5.74, 6) is 1.86. The normalized spacial score (nSPS) is 16.9. The Labute approximate surface area is 108 Å². The summed E-state index contributed by atoms with van der Waals surface area (Å²) >= 11 is 0. The molecular formula is C14H22N2O2. The van der Waals surface area contributed by atoms with E-state index in [0.717, 1.165) is 44.2 Å². The highest BCUT2D eigenvalue weighted by atomic mass is 16.5. The molecule has 0 amide bonds. The van der Waals surface area contributed by atoms with Crippen LogP contribution in [0.5, 0.6) is 0 Å². The van der Waals surface area contributed by atoms with Gasteiger partial charge in [-0.25, -0.2) is 0 Å². The van der Waals surface area contributed by atoms with Gasteiger partial charge >= 0.3 is 0 Å². The Morgan fingerprint density at radius 1 is 1.50 bits per heavy atom. The fourth-order valence-corrected chi connectivity index (χ4v) is 2.30. The predicted octanol–water partition coefficient (Wildman–Crippen LogP) is 1.83. The molecule has 1 aliphatic rings. The van der Waals surface area contributed by atoms with Crippen molar-refractivity contribution in [3.63, 3.8) is 0 Å². The van der Waals surface area contributed by atoms with Crippen LogP contribution in [0.4, 0.5) is 0 Å². The molecule has 2 N–H and O–H groups in total. The van der Waals surface area contributed by atoms with Crippen LogP contribution in [0.25, 0.3) is 0 Å². The summed E-state index contributed by atoms with van der Waals surface area (Å²) in [4.78, 5) is 2.41. The maximum atomic E-state index is 5.59. The second kappa shape index (κ2) is 6.18. The van der Waals surface area contributed by atoms with E-state index >= 15 is 0 Å². The zero-order valence-corrected chi connectivity index (χ0v) is 11.2. The van der Waals surface area contributed by atoms with Crippen molar-refractivity contribution < 1.29 is 9.15 Å². The lowest BCUT2D eigenvalue weighted by molar-refractivity contribution is 0.210. The van der Waals surface area contributed by atoms with Crippen LogP contribution in [-0.2, 0) is 17.8 Å². The Bertz CT molecular complexity index is 423. The Morgan fingerprint density at radius 2 is 2.33 bits per heavy atom. The van der Waals surface area contributed by atoms with Gasteiger partial charge in [-0.05, 0) is 25.0 Å². The van der Waals surface area contributed by atoms with Gasteiger partial charge in [0.05, 0.1) is 13.2 Å². The van der Waals surface area contributed by atoms with Crippen LogP contribution in [0, 0.1) is 6.92 Å². The van der Waals surface area contributed by atoms with Crippen LogP contribution in [-0.4, -0.2) is 31.7 Å². The van der Waals surface area contributed by atoms with Crippen LogP contribution < -0.4 is 5.73 Å². The zero-order valence-electron chi connectivity index (χ0n) is 11.2. The molecule has 1 aliphatic heterocycles. The lowest BCUT2D eigenvalue weighted by Gasteiger charge is -2.25. The number of ether oxygens (including phenoxy) is 1. The Hall–Kier alpha value is -1.10. The molecule has 1 aromatic heterocycles. The number of nitrogens with zero attached hydrogens (tertiary/aromatic N) is 1. The van der Waals surface area contributed by atoms with E-state index in [2.05, 4.69) is 17.0 Å². The fraction of sp³-hybridized carbons (Fsp3) is 0.571. The van der Waals surface area contributed by atoms with E-state index in [0.29, 0.717) is 6.54 Å². The van der Waals surface area contributed by atoms with Gasteiger partial charge in [-0.3, -0.25) is 4.90 Å². The van der Waals surface area contributed by atoms with E-state index in [-0.39, 0.29) is 0 Å². The van der Waals surface area contributed by atoms with Gasteiger partial charge in [0.15, 0.2) is 0 Å². The van der Waals surface area contributed by atoms with Crippen molar-refractivity contribution in [2.45, 2.75) is 26.4 Å². The molecule has 0 unspecified atom stereocenters. The van der Waals surface area contributed by atoms with Crippen molar-refractivity contribution in [2.75, 3.05) is 26.8 Å². The molecule has 0 spiro atoms. The van der Waals surface area contributed by atoms with Gasteiger partial charge in [-0.15, -0.1) is 0 Å². The first-order chi connectivity index (χ1) is 8.72. The van der Waals surface area contributed by atoms with E-state index in [9.17, 15) is 0 Å². The van der Waals surface area contributed by atoms with E-state index in [1.54, 1.807) is 7.11 Å². The highest BCUT2D eigenvalue weighted by Gasteiger charge is 2.14. The molecule has 2 heterocycles. The number of hydrogen-bond donors (Lipinski definition) is 1. The second-order valence-electron chi connectivity index (χ2n) is 4.78. The Balaban J connectivity index is 1.93. The summed E-state index contributed by atoms with van der Waals surface area (Å²) in [6.07, 6.45) is 3.36. The van der Waals surface area contributed by atoms with Crippen LogP contribution >= 0.6 is 0 Å². The molecule has 4 nitrogen and oxygen atoms in total. The SMILES string of the molecule is COCC1=CCN(Cc2cc(CN)oc2C)CC1. The summed E-state index contributed by atoms with van der Waals surface area (Å²) in [5.41, 5.74) is 8.24. The highest BCUT2D eigenvalue weighted by Crippen LogP contribution is 2.19. The summed E-state index contributed by atoms with van der Waals surface area (Å²) in [6, 6.07) is 2.07. The molecule has 4 heteroatoms. The van der Waals surface area contributed by atoms with Crippen molar-refractivity contribution in [1.29, 1.82) is 0 Å². The van der Waals surface area contributed by atoms with Gasteiger partial charge in [-0.1, -0.05) is 6.08 Å². The number of furan rings is 1. The fourth-order valence-electron chi connectivity index (χ4n) is 2.30. The maximum absolute atomic E-state index is 5.59. The van der Waals surface area contributed by atoms with Crippen molar-refractivity contribution in [2.24, 2.45) is 5.73 Å². The molecule has 0 bridgehead atoms. The van der Waals surface area contributed by atoms with Gasteiger partial charge < -0.3 is 14.9 Å². The highest BCUT2D eigenvalue weighted by molar-refractivity contribution is 5.21. The Morgan fingerprint density at radius 3 is 2.89 bits per heavy atom. The van der Waals surface area contributed by atoms with E-state index in [4.69, 9.17) is 14.9 Å². The molecular weight excluding hydrogens is 228 g/mol. The second-order valence-corrected chi connectivity index (χ2v) is 4.78. The third-order valence-electron chi connectivity index (χ3n) is 3.38. The summed E-state index contributed by atoms with van der Waals surface area (Å²) < 4.78 is 10.7. The summed E-state index contributed by atoms with van der Waals surface area (Å²) in [7, 11) is 1.75. The minimum atomic E-state index is 0.471. The number of hydrogen-bond acceptors (Lipinski definition) is 4. The first-order valence-electron chi connectivity index (χ1n) is 6.40. The molecule has 0 atom stereocenters.